The third kappa shape index (κ3) is 7.79. The van der Waals surface area contributed by atoms with E-state index in [9.17, 15) is 0 Å². The van der Waals surface area contributed by atoms with E-state index in [1.807, 2.05) is 23.1 Å². The van der Waals surface area contributed by atoms with Gasteiger partial charge in [-0.1, -0.05) is 38.1 Å². The van der Waals surface area contributed by atoms with Crippen LogP contribution in [0.1, 0.15) is 38.8 Å². The molecule has 0 saturated heterocycles. The van der Waals surface area contributed by atoms with E-state index in [0.29, 0.717) is 12.6 Å². The van der Waals surface area contributed by atoms with Crippen molar-refractivity contribution in [2.75, 3.05) is 26.2 Å². The molecule has 0 aliphatic heterocycles. The quantitative estimate of drug-likeness (QED) is 0.300. The number of rotatable bonds is 10. The Morgan fingerprint density at radius 3 is 2.43 bits per heavy atom. The summed E-state index contributed by atoms with van der Waals surface area (Å²) in [6, 6.07) is 10.8. The monoisotopic (exact) mass is 498 g/mol. The molecule has 0 saturated carbocycles. The summed E-state index contributed by atoms with van der Waals surface area (Å²) in [6.45, 7) is 14.0. The second kappa shape index (κ2) is 13.5. The van der Waals surface area contributed by atoms with Gasteiger partial charge in [-0.2, -0.15) is 5.10 Å². The Kier molecular flexibility index (Phi) is 11.8. The number of likely N-dealkylation sites (N-methyl/N-ethyl adjacent to an activating group) is 1. The van der Waals surface area contributed by atoms with Crippen molar-refractivity contribution < 1.29 is 0 Å². The molecular formula is C21H35IN6. The van der Waals surface area contributed by atoms with Crippen molar-refractivity contribution in [2.24, 2.45) is 4.99 Å². The molecule has 28 heavy (non-hydrogen) atoms. The van der Waals surface area contributed by atoms with Gasteiger partial charge >= 0.3 is 0 Å². The van der Waals surface area contributed by atoms with Gasteiger partial charge in [0, 0.05) is 31.5 Å². The van der Waals surface area contributed by atoms with Crippen LogP contribution in [0.4, 0.5) is 0 Å². The first-order chi connectivity index (χ1) is 13.2. The van der Waals surface area contributed by atoms with Crippen LogP contribution >= 0.6 is 24.0 Å². The first-order valence-electron chi connectivity index (χ1n) is 9.98. The topological polar surface area (TPSA) is 57.5 Å². The van der Waals surface area contributed by atoms with E-state index >= 15 is 0 Å². The zero-order valence-electron chi connectivity index (χ0n) is 17.6. The zero-order chi connectivity index (χ0) is 19.5. The van der Waals surface area contributed by atoms with Crippen molar-refractivity contribution in [1.82, 2.24) is 25.3 Å². The minimum Gasteiger partial charge on any atom is -0.357 e. The van der Waals surface area contributed by atoms with E-state index < -0.39 is 0 Å². The Balaban J connectivity index is 0.00000392. The summed E-state index contributed by atoms with van der Waals surface area (Å²) < 4.78 is 1.94. The molecule has 0 aliphatic rings. The van der Waals surface area contributed by atoms with Crippen LogP contribution < -0.4 is 10.6 Å². The second-order valence-electron chi connectivity index (χ2n) is 6.62. The van der Waals surface area contributed by atoms with Crippen LogP contribution in [-0.2, 0) is 13.1 Å². The molecule has 0 spiro atoms. The average molecular weight is 498 g/mol. The fraction of sp³-hybridized carbons (Fsp3) is 0.524. The van der Waals surface area contributed by atoms with Crippen molar-refractivity contribution in [2.45, 2.75) is 46.8 Å². The van der Waals surface area contributed by atoms with Crippen molar-refractivity contribution in [3.63, 3.8) is 0 Å². The van der Waals surface area contributed by atoms with Crippen molar-refractivity contribution >= 4 is 29.9 Å². The maximum Gasteiger partial charge on any atom is 0.191 e. The Bertz CT molecular complexity index is 682. The average Bonchev–Trinajstić information content (AvgIpc) is 3.19. The molecule has 156 valence electrons. The Labute approximate surface area is 186 Å². The summed E-state index contributed by atoms with van der Waals surface area (Å²) >= 11 is 0. The van der Waals surface area contributed by atoms with E-state index in [2.05, 4.69) is 72.6 Å². The van der Waals surface area contributed by atoms with Crippen molar-refractivity contribution in [3.05, 3.63) is 53.9 Å². The molecule has 0 bridgehead atoms. The number of benzene rings is 1. The number of aromatic nitrogens is 2. The lowest BCUT2D eigenvalue weighted by Gasteiger charge is -2.27. The van der Waals surface area contributed by atoms with Gasteiger partial charge in [-0.25, -0.2) is 4.99 Å². The van der Waals surface area contributed by atoms with Crippen molar-refractivity contribution in [3.8, 4) is 0 Å². The minimum absolute atomic E-state index is 0. The Hall–Kier alpha value is -1.61. The Morgan fingerprint density at radius 1 is 1.11 bits per heavy atom. The van der Waals surface area contributed by atoms with Gasteiger partial charge in [-0.15, -0.1) is 24.0 Å². The number of nitrogens with one attached hydrogen (secondary N) is 2. The highest BCUT2D eigenvalue weighted by Gasteiger charge is 2.10. The summed E-state index contributed by atoms with van der Waals surface area (Å²) in [4.78, 5) is 7.24. The summed E-state index contributed by atoms with van der Waals surface area (Å²) in [6.07, 6.45) is 3.80. The predicted octanol–water partition coefficient (Wildman–Crippen LogP) is 3.33. The molecule has 1 aromatic carbocycles. The van der Waals surface area contributed by atoms with Gasteiger partial charge in [0.05, 0.1) is 13.1 Å². The number of halogens is 1. The number of hydrogen-bond donors (Lipinski definition) is 2. The molecular weight excluding hydrogens is 463 g/mol. The molecule has 0 radical (unpaired) electrons. The van der Waals surface area contributed by atoms with E-state index in [1.165, 1.54) is 11.1 Å². The van der Waals surface area contributed by atoms with Gasteiger partial charge in [0.2, 0.25) is 0 Å². The molecule has 0 fully saturated rings. The maximum atomic E-state index is 4.80. The summed E-state index contributed by atoms with van der Waals surface area (Å²) in [7, 11) is 0. The molecule has 1 heterocycles. The molecule has 2 N–H and O–H groups in total. The third-order valence-corrected chi connectivity index (χ3v) is 4.76. The first-order valence-corrected chi connectivity index (χ1v) is 9.98. The van der Waals surface area contributed by atoms with Crippen LogP contribution in [0.5, 0.6) is 0 Å². The molecule has 1 aromatic heterocycles. The van der Waals surface area contributed by atoms with E-state index in [4.69, 9.17) is 4.99 Å². The standard InChI is InChI=1S/C21H34N6.HI/c1-5-22-21(23-15-18(4)26(6-2)7-3)24-16-19-11-8-9-12-20(19)17-27-14-10-13-25-27;/h8-14,18H,5-7,15-17H2,1-4H3,(H2,22,23,24);1H. The molecule has 6 nitrogen and oxygen atoms in total. The minimum atomic E-state index is 0. The van der Waals surface area contributed by atoms with Gasteiger partial charge in [-0.3, -0.25) is 9.58 Å². The molecule has 2 aromatic rings. The summed E-state index contributed by atoms with van der Waals surface area (Å²) in [5, 5.41) is 11.1. The maximum absolute atomic E-state index is 4.80. The first kappa shape index (κ1) is 24.4. The van der Waals surface area contributed by atoms with E-state index in [1.54, 1.807) is 0 Å². The van der Waals surface area contributed by atoms with Gasteiger partial charge in [0.1, 0.15) is 0 Å². The normalized spacial score (nSPS) is 12.5. The van der Waals surface area contributed by atoms with E-state index in [0.717, 1.165) is 38.7 Å². The molecule has 0 aliphatic carbocycles. The smallest absolute Gasteiger partial charge is 0.191 e. The zero-order valence-corrected chi connectivity index (χ0v) is 19.9. The van der Waals surface area contributed by atoms with Gasteiger partial charge in [-0.05, 0) is 44.1 Å². The molecule has 7 heteroatoms. The van der Waals surface area contributed by atoms with Crippen molar-refractivity contribution in [1.29, 1.82) is 0 Å². The predicted molar refractivity (Wildman–Crippen MR) is 128 cm³/mol. The molecule has 2 rings (SSSR count). The number of hydrogen-bond acceptors (Lipinski definition) is 3. The lowest BCUT2D eigenvalue weighted by Crippen LogP contribution is -2.46. The molecule has 1 unspecified atom stereocenters. The van der Waals surface area contributed by atoms with Gasteiger partial charge in [0.25, 0.3) is 0 Å². The molecule has 1 atom stereocenters. The fourth-order valence-electron chi connectivity index (χ4n) is 3.16. The number of nitrogens with zero attached hydrogens (tertiary/aromatic N) is 4. The largest absolute Gasteiger partial charge is 0.357 e. The third-order valence-electron chi connectivity index (χ3n) is 4.76. The van der Waals surface area contributed by atoms with Crippen LogP contribution in [0.3, 0.4) is 0 Å². The SMILES string of the molecule is CCNC(=NCc1ccccc1Cn1cccn1)NCC(C)N(CC)CC.I. The Morgan fingerprint density at radius 2 is 1.82 bits per heavy atom. The highest BCUT2D eigenvalue weighted by atomic mass is 127. The highest BCUT2D eigenvalue weighted by Crippen LogP contribution is 2.11. The van der Waals surface area contributed by atoms with Crippen LogP contribution in [0.15, 0.2) is 47.7 Å². The molecule has 0 amide bonds. The summed E-state index contributed by atoms with van der Waals surface area (Å²) in [5.41, 5.74) is 2.47. The fourth-order valence-corrected chi connectivity index (χ4v) is 3.16. The second-order valence-corrected chi connectivity index (χ2v) is 6.62. The van der Waals surface area contributed by atoms with Crippen LogP contribution in [0.2, 0.25) is 0 Å². The lowest BCUT2D eigenvalue weighted by molar-refractivity contribution is 0.231. The van der Waals surface area contributed by atoms with Crippen LogP contribution in [0, 0.1) is 0 Å². The van der Waals surface area contributed by atoms with Crippen LogP contribution in [-0.4, -0.2) is 52.9 Å². The number of guanidine groups is 1. The van der Waals surface area contributed by atoms with E-state index in [-0.39, 0.29) is 24.0 Å². The van der Waals surface area contributed by atoms with Gasteiger partial charge in [0.15, 0.2) is 5.96 Å². The summed E-state index contributed by atoms with van der Waals surface area (Å²) in [5.74, 6) is 0.866. The van der Waals surface area contributed by atoms with Crippen LogP contribution in [0.25, 0.3) is 0 Å². The highest BCUT2D eigenvalue weighted by molar-refractivity contribution is 14.0. The number of aliphatic imine (C=N–C) groups is 1. The van der Waals surface area contributed by atoms with Gasteiger partial charge < -0.3 is 10.6 Å². The lowest BCUT2D eigenvalue weighted by atomic mass is 10.1.